The van der Waals surface area contributed by atoms with Crippen LogP contribution in [0.4, 0.5) is 4.79 Å². The lowest BCUT2D eigenvalue weighted by Crippen LogP contribution is -2.63. The molecule has 6 nitrogen and oxygen atoms in total. The Hall–Kier alpha value is -1.30. The zero-order valence-corrected chi connectivity index (χ0v) is 11.1. The monoisotopic (exact) mass is 270 g/mol. The Morgan fingerprint density at radius 2 is 2.11 bits per heavy atom. The lowest BCUT2D eigenvalue weighted by atomic mass is 9.94. The molecule has 0 aromatic carbocycles. The number of nitrogens with one attached hydrogen (secondary N) is 1. The highest BCUT2D eigenvalue weighted by molar-refractivity contribution is 5.90. The van der Waals surface area contributed by atoms with Gasteiger partial charge in [-0.25, -0.2) is 4.79 Å². The van der Waals surface area contributed by atoms with E-state index in [1.54, 1.807) is 0 Å². The van der Waals surface area contributed by atoms with Crippen LogP contribution in [0.1, 0.15) is 32.1 Å². The second-order valence-electron chi connectivity index (χ2n) is 5.29. The fourth-order valence-electron chi connectivity index (χ4n) is 2.66. The Morgan fingerprint density at radius 3 is 2.63 bits per heavy atom. The maximum absolute atomic E-state index is 11.2. The summed E-state index contributed by atoms with van der Waals surface area (Å²) in [5, 5.41) is 11.7. The molecule has 6 heteroatoms. The van der Waals surface area contributed by atoms with E-state index in [0.717, 1.165) is 51.2 Å². The number of hydrogen-bond acceptors (Lipinski definition) is 3. The molecule has 108 valence electrons. The first-order chi connectivity index (χ1) is 9.18. The van der Waals surface area contributed by atoms with E-state index in [0.29, 0.717) is 13.1 Å². The third-order valence-corrected chi connectivity index (χ3v) is 4.00. The Labute approximate surface area is 113 Å². The van der Waals surface area contributed by atoms with E-state index in [9.17, 15) is 9.59 Å². The number of carbonyl (C=O) groups is 2. The van der Waals surface area contributed by atoms with Crippen molar-refractivity contribution >= 4 is 12.0 Å². The zero-order chi connectivity index (χ0) is 13.7. The summed E-state index contributed by atoms with van der Waals surface area (Å²) in [7, 11) is 0. The van der Waals surface area contributed by atoms with Crippen LogP contribution in [0.3, 0.4) is 0 Å². The number of rotatable bonds is 6. The van der Waals surface area contributed by atoms with Crippen molar-refractivity contribution in [3.63, 3.8) is 0 Å². The second kappa shape index (κ2) is 6.75. The van der Waals surface area contributed by atoms with Crippen molar-refractivity contribution in [3.8, 4) is 0 Å². The molecule has 2 fully saturated rings. The molecule has 2 aliphatic heterocycles. The Morgan fingerprint density at radius 1 is 1.37 bits per heavy atom. The van der Waals surface area contributed by atoms with Gasteiger partial charge in [0, 0.05) is 26.3 Å². The Kier molecular flexibility index (Phi) is 5.01. The molecule has 2 aliphatic rings. The highest BCUT2D eigenvalue weighted by atomic mass is 16.5. The van der Waals surface area contributed by atoms with Crippen molar-refractivity contribution in [2.45, 2.75) is 38.1 Å². The van der Waals surface area contributed by atoms with Crippen LogP contribution in [0.5, 0.6) is 0 Å². The molecule has 0 bridgehead atoms. The molecule has 0 radical (unpaired) electrons. The molecular formula is C13H22N2O4. The summed E-state index contributed by atoms with van der Waals surface area (Å²) in [6, 6.07) is -0.472. The molecular weight excluding hydrogens is 248 g/mol. The van der Waals surface area contributed by atoms with Crippen LogP contribution >= 0.6 is 0 Å². The van der Waals surface area contributed by atoms with Gasteiger partial charge in [-0.05, 0) is 25.2 Å². The number of nitrogens with zero attached hydrogens (tertiary/aromatic N) is 1. The predicted octanol–water partition coefficient (Wildman–Crippen LogP) is 1.06. The highest BCUT2D eigenvalue weighted by Crippen LogP contribution is 2.21. The summed E-state index contributed by atoms with van der Waals surface area (Å²) in [6.07, 6.45) is 4.22. The lowest BCUT2D eigenvalue weighted by Gasteiger charge is -2.35. The van der Waals surface area contributed by atoms with Gasteiger partial charge in [0.05, 0.1) is 0 Å². The molecule has 19 heavy (non-hydrogen) atoms. The maximum atomic E-state index is 11.2. The molecule has 1 unspecified atom stereocenters. The summed E-state index contributed by atoms with van der Waals surface area (Å²) in [5.41, 5.74) is 0. The molecule has 2 amide bonds. The smallest absolute Gasteiger partial charge is 0.408 e. The minimum atomic E-state index is -0.995. The number of carbonyl (C=O) groups excluding carboxylic acids is 1. The Balaban J connectivity index is 1.64. The summed E-state index contributed by atoms with van der Waals surface area (Å²) >= 11 is 0. The van der Waals surface area contributed by atoms with E-state index in [1.807, 2.05) is 0 Å². The van der Waals surface area contributed by atoms with Crippen molar-refractivity contribution < 1.29 is 19.4 Å². The number of ether oxygens (including phenoxy) is 1. The van der Waals surface area contributed by atoms with E-state index in [4.69, 9.17) is 9.84 Å². The normalized spacial score (nSPS) is 23.6. The van der Waals surface area contributed by atoms with Crippen LogP contribution in [0, 0.1) is 5.92 Å². The zero-order valence-electron chi connectivity index (χ0n) is 11.1. The van der Waals surface area contributed by atoms with Crippen LogP contribution in [-0.4, -0.2) is 54.4 Å². The first-order valence-electron chi connectivity index (χ1n) is 7.03. The molecule has 0 aromatic heterocycles. The first kappa shape index (κ1) is 14.1. The predicted molar refractivity (Wildman–Crippen MR) is 68.9 cm³/mol. The summed E-state index contributed by atoms with van der Waals surface area (Å²) in [4.78, 5) is 23.6. The van der Waals surface area contributed by atoms with E-state index in [2.05, 4.69) is 5.32 Å². The van der Waals surface area contributed by atoms with Gasteiger partial charge in [0.2, 0.25) is 5.91 Å². The van der Waals surface area contributed by atoms with Crippen LogP contribution in [0.2, 0.25) is 0 Å². The van der Waals surface area contributed by atoms with Crippen LogP contribution in [0.25, 0.3) is 0 Å². The SMILES string of the molecule is O=C1NCC1N(CCCCC1CCOCC1)C(=O)O. The van der Waals surface area contributed by atoms with Gasteiger partial charge in [-0.3, -0.25) is 9.69 Å². The first-order valence-corrected chi connectivity index (χ1v) is 7.03. The van der Waals surface area contributed by atoms with E-state index in [-0.39, 0.29) is 5.91 Å². The van der Waals surface area contributed by atoms with Gasteiger partial charge < -0.3 is 15.2 Å². The van der Waals surface area contributed by atoms with E-state index >= 15 is 0 Å². The van der Waals surface area contributed by atoms with Gasteiger partial charge in [0.1, 0.15) is 6.04 Å². The van der Waals surface area contributed by atoms with E-state index in [1.165, 1.54) is 4.90 Å². The van der Waals surface area contributed by atoms with Gasteiger partial charge in [0.15, 0.2) is 0 Å². The fraction of sp³-hybridized carbons (Fsp3) is 0.846. The molecule has 1 atom stereocenters. The third kappa shape index (κ3) is 3.83. The van der Waals surface area contributed by atoms with Crippen molar-refractivity contribution in [2.24, 2.45) is 5.92 Å². The van der Waals surface area contributed by atoms with Gasteiger partial charge in [-0.1, -0.05) is 12.8 Å². The van der Waals surface area contributed by atoms with Crippen molar-refractivity contribution in [1.29, 1.82) is 0 Å². The molecule has 0 aliphatic carbocycles. The van der Waals surface area contributed by atoms with E-state index < -0.39 is 12.1 Å². The third-order valence-electron chi connectivity index (χ3n) is 4.00. The van der Waals surface area contributed by atoms with Gasteiger partial charge in [-0.15, -0.1) is 0 Å². The average molecular weight is 270 g/mol. The summed E-state index contributed by atoms with van der Waals surface area (Å²) < 4.78 is 5.31. The summed E-state index contributed by atoms with van der Waals surface area (Å²) in [6.45, 7) is 2.62. The molecule has 2 heterocycles. The maximum Gasteiger partial charge on any atom is 0.408 e. The molecule has 2 N–H and O–H groups in total. The van der Waals surface area contributed by atoms with Crippen LogP contribution in [0.15, 0.2) is 0 Å². The number of hydrogen-bond donors (Lipinski definition) is 2. The number of unbranched alkanes of at least 4 members (excludes halogenated alkanes) is 1. The molecule has 2 rings (SSSR count). The van der Waals surface area contributed by atoms with Crippen LogP contribution in [-0.2, 0) is 9.53 Å². The quantitative estimate of drug-likeness (QED) is 0.559. The van der Waals surface area contributed by atoms with Gasteiger partial charge in [0.25, 0.3) is 0 Å². The molecule has 2 saturated heterocycles. The standard InChI is InChI=1S/C13H22N2O4/c16-12-11(9-14-12)15(13(17)18)6-2-1-3-10-4-7-19-8-5-10/h10-11H,1-9H2,(H,14,16)(H,17,18). The average Bonchev–Trinajstić information content (AvgIpc) is 2.41. The summed E-state index contributed by atoms with van der Waals surface area (Å²) in [5.74, 6) is 0.547. The second-order valence-corrected chi connectivity index (χ2v) is 5.29. The Bertz CT molecular complexity index is 329. The topological polar surface area (TPSA) is 78.9 Å². The largest absolute Gasteiger partial charge is 0.465 e. The van der Waals surface area contributed by atoms with Gasteiger partial charge in [-0.2, -0.15) is 0 Å². The highest BCUT2D eigenvalue weighted by Gasteiger charge is 2.36. The lowest BCUT2D eigenvalue weighted by molar-refractivity contribution is -0.132. The molecule has 0 aromatic rings. The fourth-order valence-corrected chi connectivity index (χ4v) is 2.66. The van der Waals surface area contributed by atoms with Crippen molar-refractivity contribution in [1.82, 2.24) is 10.2 Å². The minimum Gasteiger partial charge on any atom is -0.465 e. The number of amides is 2. The van der Waals surface area contributed by atoms with Crippen LogP contribution < -0.4 is 5.32 Å². The molecule has 0 saturated carbocycles. The minimum absolute atomic E-state index is 0.174. The number of β-lactam (4-membered cyclic amide) rings is 1. The van der Waals surface area contributed by atoms with Gasteiger partial charge >= 0.3 is 6.09 Å². The molecule has 0 spiro atoms. The number of carboxylic acid groups (broad SMARTS) is 1. The van der Waals surface area contributed by atoms with Crippen molar-refractivity contribution in [2.75, 3.05) is 26.3 Å². The van der Waals surface area contributed by atoms with Crippen molar-refractivity contribution in [3.05, 3.63) is 0 Å².